The van der Waals surface area contributed by atoms with Gasteiger partial charge >= 0.3 is 0 Å². The van der Waals surface area contributed by atoms with Gasteiger partial charge in [0.1, 0.15) is 11.9 Å². The van der Waals surface area contributed by atoms with E-state index in [4.69, 9.17) is 4.74 Å². The lowest BCUT2D eigenvalue weighted by Gasteiger charge is -2.37. The van der Waals surface area contributed by atoms with Crippen molar-refractivity contribution < 1.29 is 14.9 Å². The predicted octanol–water partition coefficient (Wildman–Crippen LogP) is 2.81. The molecule has 1 aliphatic carbocycles. The summed E-state index contributed by atoms with van der Waals surface area (Å²) < 4.78 is 5.52. The Balaban J connectivity index is 2.24. The van der Waals surface area contributed by atoms with E-state index in [9.17, 15) is 10.2 Å². The predicted molar refractivity (Wildman–Crippen MR) is 70.6 cm³/mol. The van der Waals surface area contributed by atoms with E-state index in [1.165, 1.54) is 0 Å². The summed E-state index contributed by atoms with van der Waals surface area (Å²) in [6, 6.07) is 7.43. The molecule has 1 aliphatic rings. The molecular formula is C15H22O3. The van der Waals surface area contributed by atoms with Gasteiger partial charge in [-0.25, -0.2) is 0 Å². The second-order valence-corrected chi connectivity index (χ2v) is 5.04. The van der Waals surface area contributed by atoms with Crippen LogP contribution in [0.4, 0.5) is 0 Å². The van der Waals surface area contributed by atoms with E-state index in [1.54, 1.807) is 0 Å². The summed E-state index contributed by atoms with van der Waals surface area (Å²) in [6.45, 7) is 2.47. The third kappa shape index (κ3) is 2.68. The Hall–Kier alpha value is -1.06. The molecule has 0 bridgehead atoms. The molecule has 1 unspecified atom stereocenters. The molecule has 1 aromatic carbocycles. The van der Waals surface area contributed by atoms with Crippen LogP contribution in [0.25, 0.3) is 0 Å². The number of rotatable bonds is 4. The summed E-state index contributed by atoms with van der Waals surface area (Å²) in [5.74, 6) is 0.673. The summed E-state index contributed by atoms with van der Waals surface area (Å²) in [5.41, 5.74) is -0.297. The van der Waals surface area contributed by atoms with Gasteiger partial charge < -0.3 is 14.9 Å². The fourth-order valence-electron chi connectivity index (χ4n) is 2.72. The van der Waals surface area contributed by atoms with Crippen molar-refractivity contribution in [3.63, 3.8) is 0 Å². The zero-order valence-corrected chi connectivity index (χ0v) is 10.9. The molecule has 0 amide bonds. The van der Waals surface area contributed by atoms with Crippen molar-refractivity contribution in [2.45, 2.75) is 50.7 Å². The average molecular weight is 250 g/mol. The van der Waals surface area contributed by atoms with E-state index in [0.717, 1.165) is 19.3 Å². The third-order valence-corrected chi connectivity index (χ3v) is 3.74. The van der Waals surface area contributed by atoms with Crippen LogP contribution in [0.1, 0.15) is 50.7 Å². The van der Waals surface area contributed by atoms with E-state index in [2.05, 4.69) is 0 Å². The van der Waals surface area contributed by atoms with Crippen LogP contribution in [0.3, 0.4) is 0 Å². The Kier molecular flexibility index (Phi) is 4.25. The van der Waals surface area contributed by atoms with Gasteiger partial charge in [0.25, 0.3) is 0 Å². The van der Waals surface area contributed by atoms with Gasteiger partial charge in [0.15, 0.2) is 0 Å². The van der Waals surface area contributed by atoms with Gasteiger partial charge in [0, 0.05) is 5.56 Å². The first-order chi connectivity index (χ1) is 8.67. The Morgan fingerprint density at radius 3 is 2.56 bits per heavy atom. The van der Waals surface area contributed by atoms with Crippen molar-refractivity contribution >= 4 is 0 Å². The Morgan fingerprint density at radius 2 is 1.89 bits per heavy atom. The van der Waals surface area contributed by atoms with Crippen molar-refractivity contribution in [1.82, 2.24) is 0 Å². The molecule has 18 heavy (non-hydrogen) atoms. The monoisotopic (exact) mass is 250 g/mol. The van der Waals surface area contributed by atoms with Crippen LogP contribution in [0.15, 0.2) is 24.3 Å². The van der Waals surface area contributed by atoms with Crippen LogP contribution in [-0.4, -0.2) is 22.4 Å². The molecule has 3 heteroatoms. The number of hydrogen-bond donors (Lipinski definition) is 2. The molecule has 0 aromatic heterocycles. The maximum atomic E-state index is 10.6. The number of benzene rings is 1. The highest BCUT2D eigenvalue weighted by Gasteiger charge is 2.38. The molecular weight excluding hydrogens is 228 g/mol. The van der Waals surface area contributed by atoms with Gasteiger partial charge in [-0.05, 0) is 25.8 Å². The number of ether oxygens (including phenoxy) is 1. The van der Waals surface area contributed by atoms with E-state index in [1.807, 2.05) is 31.2 Å². The van der Waals surface area contributed by atoms with E-state index in [0.29, 0.717) is 30.8 Å². The van der Waals surface area contributed by atoms with Crippen LogP contribution in [-0.2, 0) is 0 Å². The van der Waals surface area contributed by atoms with Gasteiger partial charge in [-0.15, -0.1) is 0 Å². The molecule has 2 rings (SSSR count). The minimum Gasteiger partial charge on any atom is -0.493 e. The van der Waals surface area contributed by atoms with Gasteiger partial charge in [-0.3, -0.25) is 0 Å². The van der Waals surface area contributed by atoms with Crippen LogP contribution in [0.2, 0.25) is 0 Å². The van der Waals surface area contributed by atoms with Gasteiger partial charge in [-0.2, -0.15) is 0 Å². The molecule has 3 nitrogen and oxygen atoms in total. The summed E-state index contributed by atoms with van der Waals surface area (Å²) in [7, 11) is 0. The first-order valence-corrected chi connectivity index (χ1v) is 6.79. The zero-order chi connectivity index (χ0) is 13.0. The number of hydrogen-bond acceptors (Lipinski definition) is 3. The van der Waals surface area contributed by atoms with Crippen molar-refractivity contribution in [3.8, 4) is 5.75 Å². The Bertz CT molecular complexity index is 383. The van der Waals surface area contributed by atoms with E-state index in [-0.39, 0.29) is 0 Å². The molecule has 1 saturated carbocycles. The SMILES string of the molecule is CCOc1ccccc1C(O)C1(O)CCCCC1. The van der Waals surface area contributed by atoms with Crippen LogP contribution < -0.4 is 4.74 Å². The Labute approximate surface area is 108 Å². The molecule has 0 spiro atoms. The summed E-state index contributed by atoms with van der Waals surface area (Å²) in [5, 5.41) is 21.1. The lowest BCUT2D eigenvalue weighted by Crippen LogP contribution is -2.38. The largest absolute Gasteiger partial charge is 0.493 e. The summed E-state index contributed by atoms with van der Waals surface area (Å²) in [6.07, 6.45) is 3.56. The second-order valence-electron chi connectivity index (χ2n) is 5.04. The zero-order valence-electron chi connectivity index (χ0n) is 10.9. The third-order valence-electron chi connectivity index (χ3n) is 3.74. The standard InChI is InChI=1S/C15H22O3/c1-2-18-13-9-5-4-8-12(13)14(16)15(17)10-6-3-7-11-15/h4-5,8-9,14,16-17H,2-3,6-7,10-11H2,1H3. The first kappa shape index (κ1) is 13.4. The van der Waals surface area contributed by atoms with Crippen LogP contribution in [0, 0.1) is 0 Å². The van der Waals surface area contributed by atoms with Crippen molar-refractivity contribution in [2.75, 3.05) is 6.61 Å². The van der Waals surface area contributed by atoms with Gasteiger partial charge in [0.05, 0.1) is 12.2 Å². The maximum Gasteiger partial charge on any atom is 0.125 e. The molecule has 2 N–H and O–H groups in total. The van der Waals surface area contributed by atoms with Crippen molar-refractivity contribution in [3.05, 3.63) is 29.8 Å². The molecule has 1 aromatic rings. The minimum absolute atomic E-state index is 0.558. The second kappa shape index (κ2) is 5.72. The van der Waals surface area contributed by atoms with Crippen LogP contribution >= 0.6 is 0 Å². The lowest BCUT2D eigenvalue weighted by atomic mass is 9.78. The van der Waals surface area contributed by atoms with Crippen molar-refractivity contribution in [2.24, 2.45) is 0 Å². The highest BCUT2D eigenvalue weighted by atomic mass is 16.5. The van der Waals surface area contributed by atoms with Gasteiger partial charge in [0.2, 0.25) is 0 Å². The fourth-order valence-corrected chi connectivity index (χ4v) is 2.72. The number of para-hydroxylation sites is 1. The minimum atomic E-state index is -0.995. The molecule has 0 aliphatic heterocycles. The topological polar surface area (TPSA) is 49.7 Å². The smallest absolute Gasteiger partial charge is 0.125 e. The normalized spacial score (nSPS) is 20.4. The molecule has 100 valence electrons. The maximum absolute atomic E-state index is 10.6. The van der Waals surface area contributed by atoms with E-state index >= 15 is 0 Å². The fraction of sp³-hybridized carbons (Fsp3) is 0.600. The summed E-state index contributed by atoms with van der Waals surface area (Å²) >= 11 is 0. The number of aliphatic hydroxyl groups is 2. The van der Waals surface area contributed by atoms with E-state index < -0.39 is 11.7 Å². The van der Waals surface area contributed by atoms with Crippen molar-refractivity contribution in [1.29, 1.82) is 0 Å². The van der Waals surface area contributed by atoms with Crippen LogP contribution in [0.5, 0.6) is 5.75 Å². The lowest BCUT2D eigenvalue weighted by molar-refractivity contribution is -0.0999. The molecule has 1 fully saturated rings. The Morgan fingerprint density at radius 1 is 1.22 bits per heavy atom. The average Bonchev–Trinajstić information content (AvgIpc) is 2.40. The highest BCUT2D eigenvalue weighted by Crippen LogP contribution is 2.40. The first-order valence-electron chi connectivity index (χ1n) is 6.79. The summed E-state index contributed by atoms with van der Waals surface area (Å²) in [4.78, 5) is 0. The molecule has 0 radical (unpaired) electrons. The quantitative estimate of drug-likeness (QED) is 0.864. The number of aliphatic hydroxyl groups excluding tert-OH is 1. The highest BCUT2D eigenvalue weighted by molar-refractivity contribution is 5.36. The molecule has 1 atom stereocenters. The van der Waals surface area contributed by atoms with Gasteiger partial charge in [-0.1, -0.05) is 37.5 Å². The molecule has 0 heterocycles. The molecule has 0 saturated heterocycles.